The molecule has 0 bridgehead atoms. The highest BCUT2D eigenvalue weighted by molar-refractivity contribution is 5.68. The Labute approximate surface area is 90.5 Å². The lowest BCUT2D eigenvalue weighted by molar-refractivity contribution is -0.137. The summed E-state index contributed by atoms with van der Waals surface area (Å²) in [5.74, 6) is -2.87. The van der Waals surface area contributed by atoms with Crippen molar-refractivity contribution in [3.63, 3.8) is 0 Å². The Morgan fingerprint density at radius 1 is 1.62 bits per heavy atom. The van der Waals surface area contributed by atoms with Crippen LogP contribution in [-0.2, 0) is 4.79 Å². The van der Waals surface area contributed by atoms with Crippen LogP contribution < -0.4 is 5.73 Å². The minimum absolute atomic E-state index is 0.161. The van der Waals surface area contributed by atoms with Gasteiger partial charge in [0.15, 0.2) is 11.6 Å². The molecule has 6 heteroatoms. The second kappa shape index (κ2) is 4.59. The molecule has 0 saturated carbocycles. The first-order chi connectivity index (χ1) is 7.45. The normalized spacial score (nSPS) is 11.8. The molecule has 0 aliphatic heterocycles. The molecule has 0 fully saturated rings. The van der Waals surface area contributed by atoms with Gasteiger partial charge in [-0.05, 0) is 17.7 Å². The number of halogens is 1. The van der Waals surface area contributed by atoms with E-state index in [1.165, 1.54) is 6.07 Å². The van der Waals surface area contributed by atoms with Crippen LogP contribution in [-0.4, -0.2) is 16.2 Å². The summed E-state index contributed by atoms with van der Waals surface area (Å²) in [5.41, 5.74) is 5.39. The second-order valence-corrected chi connectivity index (χ2v) is 3.22. The predicted molar refractivity (Wildman–Crippen MR) is 52.0 cm³/mol. The zero-order valence-corrected chi connectivity index (χ0v) is 8.14. The number of hydrogen-bond donors (Lipinski definition) is 3. The number of carboxylic acids is 1. The van der Waals surface area contributed by atoms with Gasteiger partial charge < -0.3 is 15.9 Å². The van der Waals surface area contributed by atoms with Crippen molar-refractivity contribution >= 4 is 5.97 Å². The lowest BCUT2D eigenvalue weighted by Gasteiger charge is -2.10. The fraction of sp³-hybridized carbons (Fsp3) is 0.200. The van der Waals surface area contributed by atoms with Crippen LogP contribution in [0.5, 0.6) is 5.75 Å². The summed E-state index contributed by atoms with van der Waals surface area (Å²) in [6.45, 7) is 0. The quantitative estimate of drug-likeness (QED) is 0.706. The molecule has 0 aromatic heterocycles. The van der Waals surface area contributed by atoms with Crippen molar-refractivity contribution in [1.29, 1.82) is 5.26 Å². The monoisotopic (exact) mass is 224 g/mol. The first-order valence-corrected chi connectivity index (χ1v) is 4.35. The Morgan fingerprint density at radius 2 is 2.25 bits per heavy atom. The first kappa shape index (κ1) is 11.9. The Morgan fingerprint density at radius 3 is 2.75 bits per heavy atom. The number of nitriles is 1. The maximum atomic E-state index is 13.1. The summed E-state index contributed by atoms with van der Waals surface area (Å²) in [6.07, 6.45) is -0.380. The van der Waals surface area contributed by atoms with E-state index in [1.807, 2.05) is 0 Å². The number of phenolic OH excluding ortho intramolecular Hbond substituents is 1. The summed E-state index contributed by atoms with van der Waals surface area (Å²) in [4.78, 5) is 10.4. The smallest absolute Gasteiger partial charge is 0.305 e. The van der Waals surface area contributed by atoms with Crippen LogP contribution in [0.1, 0.15) is 23.6 Å². The minimum Gasteiger partial charge on any atom is -0.504 e. The predicted octanol–water partition coefficient (Wildman–Crippen LogP) is 0.877. The van der Waals surface area contributed by atoms with E-state index in [0.717, 1.165) is 6.07 Å². The molecule has 1 aromatic rings. The zero-order chi connectivity index (χ0) is 12.3. The molecular formula is C10H9FN2O3. The highest BCUT2D eigenvalue weighted by Gasteiger charge is 2.16. The van der Waals surface area contributed by atoms with Gasteiger partial charge in [-0.1, -0.05) is 0 Å². The van der Waals surface area contributed by atoms with Crippen LogP contribution in [0.3, 0.4) is 0 Å². The van der Waals surface area contributed by atoms with E-state index in [0.29, 0.717) is 0 Å². The summed E-state index contributed by atoms with van der Waals surface area (Å²) >= 11 is 0. The van der Waals surface area contributed by atoms with Crippen molar-refractivity contribution in [2.75, 3.05) is 0 Å². The summed E-state index contributed by atoms with van der Waals surface area (Å²) < 4.78 is 13.1. The van der Waals surface area contributed by atoms with Gasteiger partial charge in [0.2, 0.25) is 0 Å². The molecule has 84 valence electrons. The van der Waals surface area contributed by atoms with E-state index >= 15 is 0 Å². The highest BCUT2D eigenvalue weighted by Crippen LogP contribution is 2.25. The van der Waals surface area contributed by atoms with Crippen molar-refractivity contribution in [3.05, 3.63) is 29.1 Å². The van der Waals surface area contributed by atoms with E-state index in [2.05, 4.69) is 0 Å². The standard InChI is InChI=1S/C10H9FN2O3/c11-7-2-5(8(13)3-9(14)15)1-6(4-12)10(7)16/h1-2,8,16H,3,13H2,(H,14,15). The molecule has 0 spiro atoms. The Hall–Kier alpha value is -2.13. The number of phenols is 1. The topological polar surface area (TPSA) is 107 Å². The summed E-state index contributed by atoms with van der Waals surface area (Å²) in [7, 11) is 0. The minimum atomic E-state index is -1.13. The van der Waals surface area contributed by atoms with Gasteiger partial charge in [0.05, 0.1) is 12.0 Å². The van der Waals surface area contributed by atoms with Crippen LogP contribution in [0.2, 0.25) is 0 Å². The van der Waals surface area contributed by atoms with Gasteiger partial charge in [-0.25, -0.2) is 4.39 Å². The largest absolute Gasteiger partial charge is 0.504 e. The van der Waals surface area contributed by atoms with Crippen LogP contribution in [0, 0.1) is 17.1 Å². The van der Waals surface area contributed by atoms with E-state index in [9.17, 15) is 9.18 Å². The van der Waals surface area contributed by atoms with Crippen molar-refractivity contribution in [3.8, 4) is 11.8 Å². The molecule has 1 unspecified atom stereocenters. The molecule has 0 amide bonds. The number of aromatic hydroxyl groups is 1. The molecular weight excluding hydrogens is 215 g/mol. The van der Waals surface area contributed by atoms with Crippen molar-refractivity contribution < 1.29 is 19.4 Å². The molecule has 16 heavy (non-hydrogen) atoms. The van der Waals surface area contributed by atoms with Gasteiger partial charge in [-0.15, -0.1) is 0 Å². The van der Waals surface area contributed by atoms with E-state index in [4.69, 9.17) is 21.2 Å². The third-order valence-corrected chi connectivity index (χ3v) is 2.03. The fourth-order valence-electron chi connectivity index (χ4n) is 1.23. The van der Waals surface area contributed by atoms with Crippen LogP contribution in [0.25, 0.3) is 0 Å². The summed E-state index contributed by atoms with van der Waals surface area (Å²) in [6, 6.07) is 2.77. The fourth-order valence-corrected chi connectivity index (χ4v) is 1.23. The molecule has 0 radical (unpaired) electrons. The van der Waals surface area contributed by atoms with Crippen LogP contribution in [0.15, 0.2) is 12.1 Å². The molecule has 0 saturated heterocycles. The SMILES string of the molecule is N#Cc1cc(C(N)CC(=O)O)cc(F)c1O. The van der Waals surface area contributed by atoms with Gasteiger partial charge >= 0.3 is 5.97 Å². The molecule has 1 rings (SSSR count). The second-order valence-electron chi connectivity index (χ2n) is 3.22. The number of nitrogens with two attached hydrogens (primary N) is 1. The number of benzene rings is 1. The number of carbonyl (C=O) groups is 1. The average Bonchev–Trinajstić information content (AvgIpc) is 2.20. The Balaban J connectivity index is 3.12. The Bertz CT molecular complexity index is 468. The molecule has 0 aliphatic carbocycles. The van der Waals surface area contributed by atoms with E-state index in [-0.39, 0.29) is 17.5 Å². The highest BCUT2D eigenvalue weighted by atomic mass is 19.1. The van der Waals surface area contributed by atoms with Crippen molar-refractivity contribution in [2.45, 2.75) is 12.5 Å². The van der Waals surface area contributed by atoms with Gasteiger partial charge in [-0.3, -0.25) is 4.79 Å². The third-order valence-electron chi connectivity index (χ3n) is 2.03. The molecule has 0 heterocycles. The van der Waals surface area contributed by atoms with Crippen molar-refractivity contribution in [2.24, 2.45) is 5.73 Å². The number of rotatable bonds is 3. The van der Waals surface area contributed by atoms with Gasteiger partial charge in [0.1, 0.15) is 6.07 Å². The number of hydrogen-bond acceptors (Lipinski definition) is 4. The number of carboxylic acid groups (broad SMARTS) is 1. The van der Waals surface area contributed by atoms with Gasteiger partial charge in [0, 0.05) is 6.04 Å². The first-order valence-electron chi connectivity index (χ1n) is 4.35. The van der Waals surface area contributed by atoms with E-state index in [1.54, 1.807) is 6.07 Å². The van der Waals surface area contributed by atoms with Gasteiger partial charge in [-0.2, -0.15) is 5.26 Å². The number of nitrogens with zero attached hydrogens (tertiary/aromatic N) is 1. The summed E-state index contributed by atoms with van der Waals surface area (Å²) in [5, 5.41) is 26.2. The lowest BCUT2D eigenvalue weighted by atomic mass is 10.0. The molecule has 1 atom stereocenters. The zero-order valence-electron chi connectivity index (χ0n) is 8.14. The lowest BCUT2D eigenvalue weighted by Crippen LogP contribution is -2.15. The molecule has 1 aromatic carbocycles. The molecule has 5 nitrogen and oxygen atoms in total. The number of aliphatic carboxylic acids is 1. The maximum Gasteiger partial charge on any atom is 0.305 e. The van der Waals surface area contributed by atoms with Gasteiger partial charge in [0.25, 0.3) is 0 Å². The van der Waals surface area contributed by atoms with Crippen LogP contribution >= 0.6 is 0 Å². The molecule has 4 N–H and O–H groups in total. The maximum absolute atomic E-state index is 13.1. The average molecular weight is 224 g/mol. The molecule has 0 aliphatic rings. The Kier molecular flexibility index (Phi) is 3.43. The third kappa shape index (κ3) is 2.46. The van der Waals surface area contributed by atoms with Crippen LogP contribution in [0.4, 0.5) is 4.39 Å². The van der Waals surface area contributed by atoms with E-state index < -0.39 is 23.6 Å². The van der Waals surface area contributed by atoms with Crippen molar-refractivity contribution in [1.82, 2.24) is 0 Å².